The molecule has 0 spiro atoms. The summed E-state index contributed by atoms with van der Waals surface area (Å²) in [6.45, 7) is 0.399. The van der Waals surface area contributed by atoms with Crippen molar-refractivity contribution in [3.8, 4) is 29.2 Å². The van der Waals surface area contributed by atoms with Crippen molar-refractivity contribution in [1.29, 1.82) is 0 Å². The summed E-state index contributed by atoms with van der Waals surface area (Å²) >= 11 is 0. The Bertz CT molecular complexity index is 847. The van der Waals surface area contributed by atoms with E-state index in [1.165, 1.54) is 6.07 Å². The van der Waals surface area contributed by atoms with Crippen LogP contribution in [0.3, 0.4) is 0 Å². The van der Waals surface area contributed by atoms with Crippen LogP contribution in [0.2, 0.25) is 0 Å². The van der Waals surface area contributed by atoms with E-state index in [1.54, 1.807) is 36.4 Å². The molecule has 0 aliphatic carbocycles. The fourth-order valence-electron chi connectivity index (χ4n) is 2.37. The monoisotopic (exact) mass is 302 g/mol. The second-order valence-electron chi connectivity index (χ2n) is 5.11. The molecule has 0 unspecified atom stereocenters. The maximum atomic E-state index is 14.1. The fraction of sp³-hybridized carbons (Fsp3) is 0.0476. The zero-order valence-electron chi connectivity index (χ0n) is 12.5. The first kappa shape index (κ1) is 14.9. The van der Waals surface area contributed by atoms with Crippen LogP contribution in [0.25, 0.3) is 11.1 Å². The lowest BCUT2D eigenvalue weighted by Gasteiger charge is -2.13. The van der Waals surface area contributed by atoms with E-state index >= 15 is 0 Å². The largest absolute Gasteiger partial charge is 0.488 e. The molecular weight excluding hydrogens is 287 g/mol. The minimum absolute atomic E-state index is 0.287. The number of rotatable bonds is 4. The van der Waals surface area contributed by atoms with Crippen molar-refractivity contribution in [3.63, 3.8) is 0 Å². The molecular formula is C21H15FO. The van der Waals surface area contributed by atoms with Gasteiger partial charge in [-0.05, 0) is 29.8 Å². The molecule has 3 aromatic rings. The fourth-order valence-corrected chi connectivity index (χ4v) is 2.37. The number of hydrogen-bond donors (Lipinski definition) is 0. The highest BCUT2D eigenvalue weighted by molar-refractivity contribution is 5.72. The zero-order valence-corrected chi connectivity index (χ0v) is 12.5. The molecule has 0 saturated carbocycles. The van der Waals surface area contributed by atoms with Crippen LogP contribution in [-0.2, 0) is 6.61 Å². The summed E-state index contributed by atoms with van der Waals surface area (Å²) in [4.78, 5) is 0. The number of hydrogen-bond acceptors (Lipinski definition) is 1. The third-order valence-electron chi connectivity index (χ3n) is 3.55. The molecule has 0 aliphatic heterocycles. The third-order valence-corrected chi connectivity index (χ3v) is 3.55. The molecule has 3 rings (SSSR count). The normalized spacial score (nSPS) is 10.1. The van der Waals surface area contributed by atoms with Gasteiger partial charge in [-0.15, -0.1) is 6.42 Å². The Morgan fingerprint density at radius 3 is 2.35 bits per heavy atom. The SMILES string of the molecule is C#Cc1ccc(-c2ccccc2F)c(OCc2ccccc2)c1. The molecule has 112 valence electrons. The predicted octanol–water partition coefficient (Wildman–Crippen LogP) is 5.05. The maximum Gasteiger partial charge on any atom is 0.131 e. The maximum absolute atomic E-state index is 14.1. The molecule has 2 heteroatoms. The minimum atomic E-state index is -0.287. The average Bonchev–Trinajstić information content (AvgIpc) is 2.61. The van der Waals surface area contributed by atoms with Gasteiger partial charge in [0, 0.05) is 16.7 Å². The van der Waals surface area contributed by atoms with E-state index < -0.39 is 0 Å². The van der Waals surface area contributed by atoms with Gasteiger partial charge >= 0.3 is 0 Å². The van der Waals surface area contributed by atoms with E-state index in [0.717, 1.165) is 5.56 Å². The van der Waals surface area contributed by atoms with Crippen LogP contribution in [0.5, 0.6) is 5.75 Å². The third kappa shape index (κ3) is 3.41. The number of halogens is 1. The molecule has 0 aromatic heterocycles. The molecule has 0 heterocycles. The van der Waals surface area contributed by atoms with Crippen LogP contribution in [-0.4, -0.2) is 0 Å². The lowest BCUT2D eigenvalue weighted by Crippen LogP contribution is -1.98. The van der Waals surface area contributed by atoms with Gasteiger partial charge in [0.15, 0.2) is 0 Å². The molecule has 0 atom stereocenters. The summed E-state index contributed by atoms with van der Waals surface area (Å²) in [6.07, 6.45) is 5.47. The van der Waals surface area contributed by atoms with Gasteiger partial charge in [-0.3, -0.25) is 0 Å². The number of terminal acetylenes is 1. The van der Waals surface area contributed by atoms with E-state index in [2.05, 4.69) is 5.92 Å². The molecule has 1 nitrogen and oxygen atoms in total. The first-order valence-electron chi connectivity index (χ1n) is 7.30. The molecule has 0 bridgehead atoms. The van der Waals surface area contributed by atoms with Crippen LogP contribution in [0, 0.1) is 18.2 Å². The smallest absolute Gasteiger partial charge is 0.131 e. The molecule has 0 amide bonds. The highest BCUT2D eigenvalue weighted by Crippen LogP contribution is 2.33. The Kier molecular flexibility index (Phi) is 4.40. The Balaban J connectivity index is 1.97. The van der Waals surface area contributed by atoms with Gasteiger partial charge in [0.2, 0.25) is 0 Å². The van der Waals surface area contributed by atoms with E-state index in [9.17, 15) is 4.39 Å². The van der Waals surface area contributed by atoms with Crippen molar-refractivity contribution in [1.82, 2.24) is 0 Å². The second-order valence-corrected chi connectivity index (χ2v) is 5.11. The Hall–Kier alpha value is -3.05. The summed E-state index contributed by atoms with van der Waals surface area (Å²) in [5.74, 6) is 2.88. The quantitative estimate of drug-likeness (QED) is 0.613. The van der Waals surface area contributed by atoms with Gasteiger partial charge in [-0.1, -0.05) is 54.5 Å². The van der Waals surface area contributed by atoms with E-state index in [-0.39, 0.29) is 5.82 Å². The number of benzene rings is 3. The summed E-state index contributed by atoms with van der Waals surface area (Å²) in [7, 11) is 0. The standard InChI is InChI=1S/C21H15FO/c1-2-16-12-13-19(18-10-6-7-11-20(18)22)21(14-16)23-15-17-8-4-3-5-9-17/h1,3-14H,15H2. The van der Waals surface area contributed by atoms with Crippen molar-refractivity contribution >= 4 is 0 Å². The molecule has 0 N–H and O–H groups in total. The predicted molar refractivity (Wildman–Crippen MR) is 90.5 cm³/mol. The minimum Gasteiger partial charge on any atom is -0.488 e. The summed E-state index contributed by atoms with van der Waals surface area (Å²) in [6, 6.07) is 21.8. The van der Waals surface area contributed by atoms with Crippen LogP contribution >= 0.6 is 0 Å². The van der Waals surface area contributed by atoms with Gasteiger partial charge in [0.25, 0.3) is 0 Å². The van der Waals surface area contributed by atoms with Crippen LogP contribution in [0.4, 0.5) is 4.39 Å². The molecule has 3 aromatic carbocycles. The van der Waals surface area contributed by atoms with Crippen LogP contribution < -0.4 is 4.74 Å². The van der Waals surface area contributed by atoms with Gasteiger partial charge in [-0.2, -0.15) is 0 Å². The van der Waals surface area contributed by atoms with Crippen molar-refractivity contribution in [2.24, 2.45) is 0 Å². The highest BCUT2D eigenvalue weighted by atomic mass is 19.1. The van der Waals surface area contributed by atoms with Gasteiger partial charge in [0.1, 0.15) is 18.2 Å². The summed E-state index contributed by atoms with van der Waals surface area (Å²) < 4.78 is 20.0. The van der Waals surface area contributed by atoms with Gasteiger partial charge in [-0.25, -0.2) is 4.39 Å². The first-order valence-corrected chi connectivity index (χ1v) is 7.30. The summed E-state index contributed by atoms with van der Waals surface area (Å²) in [5, 5.41) is 0. The lowest BCUT2D eigenvalue weighted by atomic mass is 10.0. The van der Waals surface area contributed by atoms with E-state index in [0.29, 0.717) is 29.0 Å². The van der Waals surface area contributed by atoms with Crippen molar-refractivity contribution < 1.29 is 9.13 Å². The van der Waals surface area contributed by atoms with Crippen molar-refractivity contribution in [3.05, 3.63) is 89.7 Å². The Morgan fingerprint density at radius 1 is 0.870 bits per heavy atom. The van der Waals surface area contributed by atoms with Crippen LogP contribution in [0.1, 0.15) is 11.1 Å². The average molecular weight is 302 g/mol. The molecule has 0 fully saturated rings. The van der Waals surface area contributed by atoms with Gasteiger partial charge in [0.05, 0.1) is 0 Å². The lowest BCUT2D eigenvalue weighted by molar-refractivity contribution is 0.307. The molecule has 0 aliphatic rings. The zero-order chi connectivity index (χ0) is 16.1. The van der Waals surface area contributed by atoms with Crippen molar-refractivity contribution in [2.75, 3.05) is 0 Å². The second kappa shape index (κ2) is 6.81. The number of ether oxygens (including phenoxy) is 1. The van der Waals surface area contributed by atoms with E-state index in [4.69, 9.17) is 11.2 Å². The van der Waals surface area contributed by atoms with Crippen molar-refractivity contribution in [2.45, 2.75) is 6.61 Å². The first-order chi connectivity index (χ1) is 11.3. The topological polar surface area (TPSA) is 9.23 Å². The molecule has 0 radical (unpaired) electrons. The summed E-state index contributed by atoms with van der Waals surface area (Å²) in [5.41, 5.74) is 2.93. The van der Waals surface area contributed by atoms with Gasteiger partial charge < -0.3 is 4.74 Å². The Labute approximate surface area is 135 Å². The molecule has 23 heavy (non-hydrogen) atoms. The highest BCUT2D eigenvalue weighted by Gasteiger charge is 2.11. The van der Waals surface area contributed by atoms with Crippen LogP contribution in [0.15, 0.2) is 72.8 Å². The molecule has 0 saturated heterocycles. The van der Waals surface area contributed by atoms with E-state index in [1.807, 2.05) is 30.3 Å². The Morgan fingerprint density at radius 2 is 1.61 bits per heavy atom.